The highest BCUT2D eigenvalue weighted by Gasteiger charge is 2.72. The standard InChI is InChI=1S/7C15H22/c3*1-3-10-5-8(1)12-7-13-9-2-4-11(6-9)15(13)14(10)12;4*1-2-10-11(3-1)13-7-12(10)14-8-4-5-9(6-8)15(13)14/h7*8-15H,1-7H2. The molecule has 35 aliphatic rings. The van der Waals surface area contributed by atoms with E-state index in [2.05, 4.69) is 0 Å². The summed E-state index contributed by atoms with van der Waals surface area (Å²) in [7, 11) is 0. The molecule has 105 heavy (non-hydrogen) atoms. The van der Waals surface area contributed by atoms with E-state index in [4.69, 9.17) is 0 Å². The molecule has 0 aromatic carbocycles. The lowest BCUT2D eigenvalue weighted by molar-refractivity contribution is 0.0716. The highest BCUT2D eigenvalue weighted by atomic mass is 14.8. The molecule has 0 aliphatic heterocycles. The summed E-state index contributed by atoms with van der Waals surface area (Å²) in [6.07, 6.45) is 79.8. The Morgan fingerprint density at radius 3 is 0.324 bits per heavy atom. The highest BCUT2D eigenvalue weighted by Crippen LogP contribution is 2.80. The first kappa shape index (κ1) is 64.2. The van der Waals surface area contributed by atoms with Crippen molar-refractivity contribution in [3.63, 3.8) is 0 Å². The molecule has 56 unspecified atom stereocenters. The van der Waals surface area contributed by atoms with Crippen LogP contribution >= 0.6 is 0 Å². The van der Waals surface area contributed by atoms with Gasteiger partial charge in [0.05, 0.1) is 0 Å². The molecule has 35 rings (SSSR count). The average molecular weight is 1420 g/mol. The molecular formula is C105H154. The van der Waals surface area contributed by atoms with Gasteiger partial charge in [0.25, 0.3) is 0 Å². The second-order valence-electron chi connectivity index (χ2n) is 51.4. The van der Waals surface area contributed by atoms with Crippen LogP contribution in [0.2, 0.25) is 0 Å². The molecule has 574 valence electrons. The van der Waals surface area contributed by atoms with Gasteiger partial charge < -0.3 is 0 Å². The van der Waals surface area contributed by atoms with E-state index >= 15 is 0 Å². The third kappa shape index (κ3) is 8.63. The Kier molecular flexibility index (Phi) is 14.3. The SMILES string of the molecule is C1CC2C(C1)C1CC2C2C3CCC(C3)C12.C1CC2C(C1)C1CC2C2C3CCC(C3)C12.C1CC2C(C1)C1CC2C2C3CCC(C3)C12.C1CC2C(C1)C1CC2C2C3CCC(C3)C12.C1CC2CC1C1CC3C4CCC(C4)C3C21.C1CC2CC1C1CC3C4CCC(C4)C3C21.C1CC2CC1C1CC3C4CCC(C4)C3C21. The summed E-state index contributed by atoms with van der Waals surface area (Å²) in [6.45, 7) is 0. The van der Waals surface area contributed by atoms with Gasteiger partial charge in [-0.1, -0.05) is 25.7 Å². The predicted molar refractivity (Wildman–Crippen MR) is 422 cm³/mol. The van der Waals surface area contributed by atoms with Crippen molar-refractivity contribution in [1.82, 2.24) is 0 Å². The lowest BCUT2D eigenvalue weighted by atomic mass is 9.64. The van der Waals surface area contributed by atoms with Gasteiger partial charge in [0, 0.05) is 0 Å². The number of fused-ring (bicyclic) bond motifs is 81. The van der Waals surface area contributed by atoms with E-state index in [9.17, 15) is 0 Å². The van der Waals surface area contributed by atoms with Crippen LogP contribution in [0.3, 0.4) is 0 Å². The molecule has 0 amide bonds. The van der Waals surface area contributed by atoms with Gasteiger partial charge in [-0.2, -0.15) is 0 Å². The van der Waals surface area contributed by atoms with E-state index in [0.29, 0.717) is 0 Å². The summed E-state index contributed by atoms with van der Waals surface area (Å²) < 4.78 is 0. The van der Waals surface area contributed by atoms with Gasteiger partial charge in [0.1, 0.15) is 0 Å². The molecular weight excluding hydrogens is 1260 g/mol. The first-order valence-corrected chi connectivity index (χ1v) is 52.0. The zero-order valence-corrected chi connectivity index (χ0v) is 67.0. The number of hydrogen-bond acceptors (Lipinski definition) is 0. The fraction of sp³-hybridized carbons (Fsp3) is 1.00. The topological polar surface area (TPSA) is 0 Å². The fourth-order valence-electron chi connectivity index (χ4n) is 50.5. The van der Waals surface area contributed by atoms with Gasteiger partial charge in [0.2, 0.25) is 0 Å². The molecule has 0 saturated heterocycles. The molecule has 0 heterocycles. The second-order valence-corrected chi connectivity index (χ2v) is 51.4. The van der Waals surface area contributed by atoms with Gasteiger partial charge >= 0.3 is 0 Å². The van der Waals surface area contributed by atoms with E-state index in [1.807, 2.05) is 0 Å². The van der Waals surface area contributed by atoms with Crippen LogP contribution in [0.15, 0.2) is 0 Å². The molecule has 0 heteroatoms. The van der Waals surface area contributed by atoms with Crippen LogP contribution in [0.4, 0.5) is 0 Å². The summed E-state index contributed by atoms with van der Waals surface area (Å²) in [4.78, 5) is 0. The third-order valence-corrected chi connectivity index (χ3v) is 51.1. The minimum Gasteiger partial charge on any atom is -0.0527 e. The van der Waals surface area contributed by atoms with E-state index in [-0.39, 0.29) is 0 Å². The lowest BCUT2D eigenvalue weighted by Gasteiger charge is -2.40. The van der Waals surface area contributed by atoms with E-state index < -0.39 is 0 Å². The van der Waals surface area contributed by atoms with Gasteiger partial charge in [-0.3, -0.25) is 0 Å². The molecule has 0 aromatic rings. The Morgan fingerprint density at radius 1 is 0.0762 bits per heavy atom. The monoisotopic (exact) mass is 1420 g/mol. The first-order valence-electron chi connectivity index (χ1n) is 52.0. The van der Waals surface area contributed by atoms with E-state index in [1.165, 1.54) is 331 Å². The minimum absolute atomic E-state index is 1.20. The van der Waals surface area contributed by atoms with Crippen molar-refractivity contribution in [2.45, 2.75) is 315 Å². The third-order valence-electron chi connectivity index (χ3n) is 51.1. The predicted octanol–water partition coefficient (Wildman–Crippen LogP) is 26.0. The lowest BCUT2D eigenvalue weighted by Crippen LogP contribution is -2.35. The maximum absolute atomic E-state index is 1.68. The molecule has 0 spiro atoms. The quantitative estimate of drug-likeness (QED) is 0.212. The Hall–Kier alpha value is 0. The zero-order valence-electron chi connectivity index (χ0n) is 67.0. The molecule has 35 saturated carbocycles. The van der Waals surface area contributed by atoms with Crippen molar-refractivity contribution in [1.29, 1.82) is 0 Å². The Bertz CT molecular complexity index is 2770. The smallest absolute Gasteiger partial charge is 0.0321 e. The van der Waals surface area contributed by atoms with Crippen LogP contribution in [0, 0.1) is 331 Å². The van der Waals surface area contributed by atoms with Crippen LogP contribution < -0.4 is 0 Å². The van der Waals surface area contributed by atoms with Gasteiger partial charge in [-0.25, -0.2) is 0 Å². The van der Waals surface area contributed by atoms with Gasteiger partial charge in [-0.05, 0) is 620 Å². The zero-order chi connectivity index (χ0) is 67.0. The molecule has 0 radical (unpaired) electrons. The Balaban J connectivity index is 0.0000000655. The van der Waals surface area contributed by atoms with Gasteiger partial charge in [0.15, 0.2) is 0 Å². The van der Waals surface area contributed by atoms with Crippen LogP contribution in [0.25, 0.3) is 0 Å². The maximum atomic E-state index is 1.68. The number of rotatable bonds is 0. The summed E-state index contributed by atoms with van der Waals surface area (Å²) in [6, 6.07) is 0. The maximum Gasteiger partial charge on any atom is -0.0321 e. The summed E-state index contributed by atoms with van der Waals surface area (Å²) >= 11 is 0. The summed E-state index contributed by atoms with van der Waals surface area (Å²) in [5.74, 6) is 68.3. The minimum atomic E-state index is 1.20. The van der Waals surface area contributed by atoms with Crippen LogP contribution in [0.5, 0.6) is 0 Å². The number of hydrogen-bond donors (Lipinski definition) is 0. The van der Waals surface area contributed by atoms with Crippen molar-refractivity contribution >= 4 is 0 Å². The van der Waals surface area contributed by atoms with Crippen molar-refractivity contribution in [3.05, 3.63) is 0 Å². The molecule has 35 aliphatic carbocycles. The Labute approximate surface area is 642 Å². The highest BCUT2D eigenvalue weighted by molar-refractivity contribution is 5.21. The summed E-state index contributed by atoms with van der Waals surface area (Å²) in [5.41, 5.74) is 0. The first-order chi connectivity index (χ1) is 52.0. The van der Waals surface area contributed by atoms with Crippen LogP contribution in [-0.2, 0) is 0 Å². The largest absolute Gasteiger partial charge is 0.0527 e. The molecule has 0 nitrogen and oxygen atoms in total. The van der Waals surface area contributed by atoms with Crippen molar-refractivity contribution in [3.8, 4) is 0 Å². The van der Waals surface area contributed by atoms with Crippen molar-refractivity contribution in [2.24, 2.45) is 331 Å². The normalized spacial score (nSPS) is 68.8. The fourth-order valence-corrected chi connectivity index (χ4v) is 50.5. The molecule has 56 atom stereocenters. The molecule has 35 fully saturated rings. The summed E-state index contributed by atoms with van der Waals surface area (Å²) in [5, 5.41) is 0. The van der Waals surface area contributed by atoms with Crippen LogP contribution in [-0.4, -0.2) is 0 Å². The van der Waals surface area contributed by atoms with E-state index in [1.54, 1.807) is 315 Å². The molecule has 0 N–H and O–H groups in total. The van der Waals surface area contributed by atoms with E-state index in [0.717, 1.165) is 0 Å². The molecule has 28 bridgehead atoms. The average Bonchev–Trinajstić information content (AvgIpc) is 1.51. The Morgan fingerprint density at radius 2 is 0.181 bits per heavy atom. The van der Waals surface area contributed by atoms with Gasteiger partial charge in [-0.15, -0.1) is 0 Å². The van der Waals surface area contributed by atoms with Crippen molar-refractivity contribution < 1.29 is 0 Å². The van der Waals surface area contributed by atoms with Crippen molar-refractivity contribution in [2.75, 3.05) is 0 Å². The second kappa shape index (κ2) is 23.4. The molecule has 0 aromatic heterocycles. The van der Waals surface area contributed by atoms with Crippen LogP contribution in [0.1, 0.15) is 315 Å².